The molecule has 1 amide bonds. The number of aromatic nitrogens is 1. The number of benzene rings is 2. The highest BCUT2D eigenvalue weighted by Crippen LogP contribution is 2.34. The number of aryl methyl sites for hydroxylation is 1. The number of fused-ring (bicyclic) bond motifs is 1. The fourth-order valence-electron chi connectivity index (χ4n) is 3.84. The van der Waals surface area contributed by atoms with E-state index in [1.807, 2.05) is 0 Å². The van der Waals surface area contributed by atoms with Crippen molar-refractivity contribution in [3.05, 3.63) is 70.4 Å². The summed E-state index contributed by atoms with van der Waals surface area (Å²) >= 11 is 0. The third kappa shape index (κ3) is 4.08. The fourth-order valence-corrected chi connectivity index (χ4v) is 3.84. The molecule has 166 valence electrons. The van der Waals surface area contributed by atoms with E-state index in [1.165, 1.54) is 17.0 Å². The molecule has 2 atom stereocenters. The number of aromatic hydroxyl groups is 1. The van der Waals surface area contributed by atoms with E-state index < -0.39 is 12.2 Å². The number of carbonyl (C=O) groups excluding carboxylic acids is 1. The van der Waals surface area contributed by atoms with Gasteiger partial charge >= 0.3 is 5.97 Å². The molecule has 1 aliphatic rings. The number of rotatable bonds is 6. The van der Waals surface area contributed by atoms with Crippen molar-refractivity contribution in [3.63, 3.8) is 0 Å². The van der Waals surface area contributed by atoms with E-state index >= 15 is 0 Å². The average Bonchev–Trinajstić information content (AvgIpc) is 3.40. The number of aromatic carboxylic acids is 1. The molecular weight excluding hydrogens is 414 g/mol. The number of carboxylic acids is 1. The lowest BCUT2D eigenvalue weighted by Gasteiger charge is -2.18. The zero-order chi connectivity index (χ0) is 23.0. The lowest BCUT2D eigenvalue weighted by Crippen LogP contribution is -2.25. The van der Waals surface area contributed by atoms with Crippen molar-refractivity contribution in [2.45, 2.75) is 25.1 Å². The maximum Gasteiger partial charge on any atom is 0.335 e. The van der Waals surface area contributed by atoms with E-state index in [4.69, 9.17) is 4.52 Å². The van der Waals surface area contributed by atoms with E-state index in [0.717, 1.165) is 24.0 Å². The summed E-state index contributed by atoms with van der Waals surface area (Å²) < 4.78 is 5.32. The molecule has 32 heavy (non-hydrogen) atoms. The van der Waals surface area contributed by atoms with Crippen molar-refractivity contribution in [3.8, 4) is 17.1 Å². The van der Waals surface area contributed by atoms with E-state index in [9.17, 15) is 24.9 Å². The quantitative estimate of drug-likeness (QED) is 0.432. The Bertz CT molecular complexity index is 1190. The molecule has 9 heteroatoms. The molecule has 1 aliphatic carbocycles. The van der Waals surface area contributed by atoms with Gasteiger partial charge in [0.1, 0.15) is 11.4 Å². The molecule has 0 spiro atoms. The Morgan fingerprint density at radius 1 is 1.19 bits per heavy atom. The van der Waals surface area contributed by atoms with Crippen molar-refractivity contribution in [1.29, 1.82) is 0 Å². The van der Waals surface area contributed by atoms with Gasteiger partial charge in [-0.05, 0) is 48.2 Å². The van der Waals surface area contributed by atoms with Crippen LogP contribution in [0.5, 0.6) is 5.75 Å². The Labute approximate surface area is 183 Å². The number of nitrogens with one attached hydrogen (secondary N) is 1. The van der Waals surface area contributed by atoms with Crippen LogP contribution in [-0.2, 0) is 6.42 Å². The van der Waals surface area contributed by atoms with Crippen molar-refractivity contribution < 1.29 is 29.4 Å². The molecule has 0 radical (unpaired) electrons. The Kier molecular flexibility index (Phi) is 5.68. The summed E-state index contributed by atoms with van der Waals surface area (Å²) in [5, 5.41) is 37.1. The predicted octanol–water partition coefficient (Wildman–Crippen LogP) is 2.72. The van der Waals surface area contributed by atoms with E-state index in [0.29, 0.717) is 11.3 Å². The summed E-state index contributed by atoms with van der Waals surface area (Å²) in [7, 11) is 3.19. The van der Waals surface area contributed by atoms with Crippen molar-refractivity contribution in [2.24, 2.45) is 0 Å². The minimum absolute atomic E-state index is 0.167. The number of phenolic OH excluding ortho intramolecular Hbond substituents is 1. The van der Waals surface area contributed by atoms with Gasteiger partial charge in [-0.25, -0.2) is 4.79 Å². The zero-order valence-electron chi connectivity index (χ0n) is 17.6. The first-order valence-electron chi connectivity index (χ1n) is 10.1. The summed E-state index contributed by atoms with van der Waals surface area (Å²) in [5.41, 5.74) is 3.01. The van der Waals surface area contributed by atoms with Crippen LogP contribution in [0.4, 0.5) is 0 Å². The number of nitrogens with zero attached hydrogens (tertiary/aromatic N) is 2. The Morgan fingerprint density at radius 2 is 1.97 bits per heavy atom. The summed E-state index contributed by atoms with van der Waals surface area (Å²) in [6, 6.07) is 10.9. The normalized spacial score (nSPS) is 15.9. The molecule has 1 aromatic heterocycles. The molecule has 3 aromatic rings. The maximum absolute atomic E-state index is 12.1. The SMILES string of the molecule is CN(C)C(=O)c1ccc(-c2cc(C(O)N[C@@H]3CCc4ccc(C(=O)O)cc43)no2)cc1O. The van der Waals surface area contributed by atoms with E-state index in [-0.39, 0.29) is 34.5 Å². The molecule has 4 rings (SSSR count). The second kappa shape index (κ2) is 8.45. The Hall–Kier alpha value is -3.69. The highest BCUT2D eigenvalue weighted by atomic mass is 16.5. The maximum atomic E-state index is 12.1. The smallest absolute Gasteiger partial charge is 0.335 e. The van der Waals surface area contributed by atoms with Gasteiger partial charge in [-0.15, -0.1) is 0 Å². The minimum Gasteiger partial charge on any atom is -0.507 e. The number of carboxylic acid groups (broad SMARTS) is 1. The first-order valence-corrected chi connectivity index (χ1v) is 10.1. The van der Waals surface area contributed by atoms with E-state index in [1.54, 1.807) is 44.4 Å². The number of aliphatic hydroxyl groups excluding tert-OH is 1. The molecule has 1 heterocycles. The topological polar surface area (TPSA) is 136 Å². The molecule has 0 bridgehead atoms. The number of hydrogen-bond donors (Lipinski definition) is 4. The fraction of sp³-hybridized carbons (Fsp3) is 0.261. The van der Waals surface area contributed by atoms with Gasteiger partial charge < -0.3 is 24.7 Å². The highest BCUT2D eigenvalue weighted by Gasteiger charge is 2.27. The van der Waals surface area contributed by atoms with Gasteiger partial charge in [0.05, 0.1) is 11.1 Å². The molecule has 4 N–H and O–H groups in total. The van der Waals surface area contributed by atoms with Gasteiger partial charge in [0, 0.05) is 31.8 Å². The summed E-state index contributed by atoms with van der Waals surface area (Å²) in [6.07, 6.45) is 0.358. The van der Waals surface area contributed by atoms with Crippen LogP contribution in [0.25, 0.3) is 11.3 Å². The van der Waals surface area contributed by atoms with Crippen LogP contribution in [-0.4, -0.2) is 51.3 Å². The Morgan fingerprint density at radius 3 is 2.66 bits per heavy atom. The third-order valence-corrected chi connectivity index (χ3v) is 5.56. The van der Waals surface area contributed by atoms with Crippen LogP contribution < -0.4 is 5.32 Å². The summed E-state index contributed by atoms with van der Waals surface area (Å²) in [5.74, 6) is -1.19. The highest BCUT2D eigenvalue weighted by molar-refractivity contribution is 5.97. The van der Waals surface area contributed by atoms with E-state index in [2.05, 4.69) is 10.5 Å². The van der Waals surface area contributed by atoms with Crippen LogP contribution in [0.15, 0.2) is 47.0 Å². The lowest BCUT2D eigenvalue weighted by molar-refractivity contribution is 0.0696. The largest absolute Gasteiger partial charge is 0.507 e. The van der Waals surface area contributed by atoms with Crippen molar-refractivity contribution in [1.82, 2.24) is 15.4 Å². The first-order chi connectivity index (χ1) is 15.2. The summed E-state index contributed by atoms with van der Waals surface area (Å²) in [4.78, 5) is 24.7. The van der Waals surface area contributed by atoms with Crippen molar-refractivity contribution >= 4 is 11.9 Å². The third-order valence-electron chi connectivity index (χ3n) is 5.56. The van der Waals surface area contributed by atoms with Gasteiger partial charge in [0.2, 0.25) is 0 Å². The molecule has 0 saturated carbocycles. The number of hydrogen-bond acceptors (Lipinski definition) is 7. The van der Waals surface area contributed by atoms with Crippen LogP contribution in [0.1, 0.15) is 56.2 Å². The molecule has 0 fully saturated rings. The van der Waals surface area contributed by atoms with Gasteiger partial charge in [-0.1, -0.05) is 17.3 Å². The van der Waals surface area contributed by atoms with Crippen LogP contribution in [0, 0.1) is 0 Å². The Balaban J connectivity index is 1.50. The molecule has 0 saturated heterocycles. The molecule has 2 aromatic carbocycles. The zero-order valence-corrected chi connectivity index (χ0v) is 17.6. The molecule has 0 aliphatic heterocycles. The standard InChI is InChI=1S/C23H23N3O6/c1-26(2)22(29)15-7-5-13(10-19(15)27)20-11-18(25-32-20)21(28)24-17-8-6-12-3-4-14(23(30)31)9-16(12)17/h3-5,7,9-11,17,21,24,27-28H,6,8H2,1-2H3,(H,30,31)/t17-,21?/m1/s1. The monoisotopic (exact) mass is 437 g/mol. The van der Waals surface area contributed by atoms with Crippen LogP contribution >= 0.6 is 0 Å². The second-order valence-electron chi connectivity index (χ2n) is 7.93. The van der Waals surface area contributed by atoms with Gasteiger partial charge in [0.15, 0.2) is 12.0 Å². The number of phenols is 1. The van der Waals surface area contributed by atoms with Crippen LogP contribution in [0.3, 0.4) is 0 Å². The first kappa shape index (κ1) is 21.5. The van der Waals surface area contributed by atoms with Gasteiger partial charge in [0.25, 0.3) is 5.91 Å². The van der Waals surface area contributed by atoms with Gasteiger partial charge in [-0.3, -0.25) is 10.1 Å². The van der Waals surface area contributed by atoms with Gasteiger partial charge in [-0.2, -0.15) is 0 Å². The molecular formula is C23H23N3O6. The lowest BCUT2D eigenvalue weighted by atomic mass is 10.0. The molecule has 9 nitrogen and oxygen atoms in total. The molecule has 1 unspecified atom stereocenters. The summed E-state index contributed by atoms with van der Waals surface area (Å²) in [6.45, 7) is 0. The number of amides is 1. The second-order valence-corrected chi connectivity index (χ2v) is 7.93. The van der Waals surface area contributed by atoms with Crippen LogP contribution in [0.2, 0.25) is 0 Å². The average molecular weight is 437 g/mol. The predicted molar refractivity (Wildman–Crippen MR) is 114 cm³/mol. The minimum atomic E-state index is -1.14. The van der Waals surface area contributed by atoms with Crippen molar-refractivity contribution in [2.75, 3.05) is 14.1 Å². The number of carbonyl (C=O) groups is 2. The number of aliphatic hydroxyl groups is 1.